The van der Waals surface area contributed by atoms with Crippen LogP contribution in [0.4, 0.5) is 0 Å². The first-order chi connectivity index (χ1) is 4.70. The Balaban J connectivity index is 0.000001000. The van der Waals surface area contributed by atoms with Gasteiger partial charge in [0.05, 0.1) is 0 Å². The summed E-state index contributed by atoms with van der Waals surface area (Å²) < 4.78 is 0. The van der Waals surface area contributed by atoms with Crippen molar-refractivity contribution < 1.29 is 17.1 Å². The van der Waals surface area contributed by atoms with Crippen molar-refractivity contribution in [3.8, 4) is 0 Å². The van der Waals surface area contributed by atoms with Crippen molar-refractivity contribution in [3.05, 3.63) is 23.8 Å². The molecule has 0 saturated heterocycles. The van der Waals surface area contributed by atoms with Crippen molar-refractivity contribution >= 4 is 0 Å². The van der Waals surface area contributed by atoms with E-state index in [1.54, 1.807) is 5.57 Å². The molecule has 1 aliphatic carbocycles. The van der Waals surface area contributed by atoms with Crippen LogP contribution in [0.25, 0.3) is 0 Å². The Labute approximate surface area is 80.2 Å². The SMILES string of the molecule is C=C(C)C1CC=C(C)CC1.[Fe]. The van der Waals surface area contributed by atoms with Crippen LogP contribution in [0.15, 0.2) is 23.8 Å². The molecule has 0 nitrogen and oxygen atoms in total. The average Bonchev–Trinajstić information content (AvgIpc) is 1.88. The van der Waals surface area contributed by atoms with Gasteiger partial charge in [0.25, 0.3) is 0 Å². The van der Waals surface area contributed by atoms with Gasteiger partial charge in [0, 0.05) is 17.1 Å². The average molecular weight is 192 g/mol. The van der Waals surface area contributed by atoms with Crippen LogP contribution in [-0.4, -0.2) is 0 Å². The van der Waals surface area contributed by atoms with E-state index in [0.717, 1.165) is 5.92 Å². The summed E-state index contributed by atoms with van der Waals surface area (Å²) in [5.41, 5.74) is 2.90. The predicted octanol–water partition coefficient (Wildman–Crippen LogP) is 3.31. The molecule has 0 aromatic carbocycles. The minimum absolute atomic E-state index is 0. The van der Waals surface area contributed by atoms with Crippen molar-refractivity contribution in [2.45, 2.75) is 33.1 Å². The quantitative estimate of drug-likeness (QED) is 0.441. The Kier molecular flexibility index (Phi) is 4.79. The van der Waals surface area contributed by atoms with Crippen molar-refractivity contribution in [2.24, 2.45) is 5.92 Å². The van der Waals surface area contributed by atoms with E-state index in [9.17, 15) is 0 Å². The molecular formula is C10H16Fe. The maximum atomic E-state index is 3.97. The molecule has 0 aliphatic heterocycles. The van der Waals surface area contributed by atoms with E-state index in [0.29, 0.717) is 0 Å². The Morgan fingerprint density at radius 1 is 1.64 bits per heavy atom. The van der Waals surface area contributed by atoms with Gasteiger partial charge >= 0.3 is 0 Å². The zero-order chi connectivity index (χ0) is 7.56. The Morgan fingerprint density at radius 3 is 2.64 bits per heavy atom. The van der Waals surface area contributed by atoms with Crippen LogP contribution in [0.1, 0.15) is 33.1 Å². The topological polar surface area (TPSA) is 0 Å². The molecule has 0 heterocycles. The van der Waals surface area contributed by atoms with Gasteiger partial charge in [-0.2, -0.15) is 0 Å². The predicted molar refractivity (Wildman–Crippen MR) is 45.9 cm³/mol. The summed E-state index contributed by atoms with van der Waals surface area (Å²) in [6.45, 7) is 8.33. The molecule has 1 unspecified atom stereocenters. The summed E-state index contributed by atoms with van der Waals surface area (Å²) in [5, 5.41) is 0. The van der Waals surface area contributed by atoms with Crippen molar-refractivity contribution in [3.63, 3.8) is 0 Å². The molecule has 0 saturated carbocycles. The molecular weight excluding hydrogens is 176 g/mol. The molecule has 0 N–H and O–H groups in total. The maximum absolute atomic E-state index is 3.97. The van der Waals surface area contributed by atoms with Crippen molar-refractivity contribution in [1.82, 2.24) is 0 Å². The van der Waals surface area contributed by atoms with Gasteiger partial charge in [0.1, 0.15) is 0 Å². The van der Waals surface area contributed by atoms with E-state index < -0.39 is 0 Å². The molecule has 64 valence electrons. The van der Waals surface area contributed by atoms with Gasteiger partial charge in [-0.15, -0.1) is 0 Å². The van der Waals surface area contributed by atoms with Crippen LogP contribution < -0.4 is 0 Å². The zero-order valence-electron chi connectivity index (χ0n) is 7.34. The molecule has 0 spiro atoms. The third kappa shape index (κ3) is 3.26. The van der Waals surface area contributed by atoms with Crippen LogP contribution in [0.3, 0.4) is 0 Å². The second-order valence-corrected chi connectivity index (χ2v) is 3.37. The summed E-state index contributed by atoms with van der Waals surface area (Å²) in [5.74, 6) is 0.767. The number of hydrogen-bond donors (Lipinski definition) is 0. The summed E-state index contributed by atoms with van der Waals surface area (Å²) in [6.07, 6.45) is 6.17. The summed E-state index contributed by atoms with van der Waals surface area (Å²) in [6, 6.07) is 0. The third-order valence-corrected chi connectivity index (χ3v) is 2.33. The Hall–Kier alpha value is -0.000519. The van der Waals surface area contributed by atoms with Crippen LogP contribution in [0.5, 0.6) is 0 Å². The molecule has 0 radical (unpaired) electrons. The first kappa shape index (κ1) is 11.0. The second kappa shape index (κ2) is 4.79. The Morgan fingerprint density at radius 2 is 2.27 bits per heavy atom. The van der Waals surface area contributed by atoms with Gasteiger partial charge in [0.2, 0.25) is 0 Å². The van der Waals surface area contributed by atoms with Gasteiger partial charge in [0.15, 0.2) is 0 Å². The van der Waals surface area contributed by atoms with E-state index in [2.05, 4.69) is 26.5 Å². The molecule has 1 rings (SSSR count). The fourth-order valence-corrected chi connectivity index (χ4v) is 1.41. The van der Waals surface area contributed by atoms with E-state index >= 15 is 0 Å². The smallest absolute Gasteiger partial charge is 0 e. The molecule has 1 atom stereocenters. The Bertz CT molecular complexity index is 168. The summed E-state index contributed by atoms with van der Waals surface area (Å²) in [7, 11) is 0. The largest absolute Gasteiger partial charge is 0.0998 e. The molecule has 0 bridgehead atoms. The minimum Gasteiger partial charge on any atom is -0.0998 e. The van der Waals surface area contributed by atoms with Crippen molar-refractivity contribution in [1.29, 1.82) is 0 Å². The third-order valence-electron chi connectivity index (χ3n) is 2.33. The molecule has 11 heavy (non-hydrogen) atoms. The van der Waals surface area contributed by atoms with Crippen LogP contribution in [0, 0.1) is 5.92 Å². The van der Waals surface area contributed by atoms with Gasteiger partial charge in [-0.1, -0.05) is 23.8 Å². The molecule has 1 heteroatoms. The number of rotatable bonds is 1. The van der Waals surface area contributed by atoms with E-state index in [1.165, 1.54) is 24.8 Å². The summed E-state index contributed by atoms with van der Waals surface area (Å²) in [4.78, 5) is 0. The van der Waals surface area contributed by atoms with Gasteiger partial charge in [-0.05, 0) is 39.0 Å². The zero-order valence-corrected chi connectivity index (χ0v) is 8.44. The second-order valence-electron chi connectivity index (χ2n) is 3.37. The van der Waals surface area contributed by atoms with E-state index in [4.69, 9.17) is 0 Å². The number of hydrogen-bond acceptors (Lipinski definition) is 0. The molecule has 1 aliphatic rings. The first-order valence-corrected chi connectivity index (χ1v) is 4.01. The van der Waals surface area contributed by atoms with Crippen LogP contribution >= 0.6 is 0 Å². The van der Waals surface area contributed by atoms with Crippen molar-refractivity contribution in [2.75, 3.05) is 0 Å². The molecule has 0 aromatic rings. The van der Waals surface area contributed by atoms with Gasteiger partial charge in [-0.25, -0.2) is 0 Å². The van der Waals surface area contributed by atoms with E-state index in [1.807, 2.05) is 0 Å². The van der Waals surface area contributed by atoms with Gasteiger partial charge in [-0.3, -0.25) is 0 Å². The minimum atomic E-state index is 0. The molecule has 0 fully saturated rings. The summed E-state index contributed by atoms with van der Waals surface area (Å²) >= 11 is 0. The molecule has 0 aromatic heterocycles. The standard InChI is InChI=1S/C10H16.Fe/c1-8(2)10-6-4-9(3)5-7-10;/h4,10H,1,5-7H2,2-3H3;. The number of allylic oxidation sites excluding steroid dienone is 3. The van der Waals surface area contributed by atoms with E-state index in [-0.39, 0.29) is 17.1 Å². The van der Waals surface area contributed by atoms with Gasteiger partial charge < -0.3 is 0 Å². The van der Waals surface area contributed by atoms with Crippen LogP contribution in [-0.2, 0) is 17.1 Å². The fourth-order valence-electron chi connectivity index (χ4n) is 1.41. The monoisotopic (exact) mass is 192 g/mol. The normalized spacial score (nSPS) is 23.5. The van der Waals surface area contributed by atoms with Crippen LogP contribution in [0.2, 0.25) is 0 Å². The molecule has 0 amide bonds. The first-order valence-electron chi connectivity index (χ1n) is 4.01. The fraction of sp³-hybridized carbons (Fsp3) is 0.600. The maximum Gasteiger partial charge on any atom is 0 e.